The fraction of sp³-hybridized carbons (Fsp3) is 0. The van der Waals surface area contributed by atoms with Gasteiger partial charge in [0.1, 0.15) is 0 Å². The van der Waals surface area contributed by atoms with Crippen LogP contribution in [-0.2, 0) is 0 Å². The van der Waals surface area contributed by atoms with E-state index in [9.17, 15) is 5.26 Å². The van der Waals surface area contributed by atoms with Gasteiger partial charge in [0.15, 0.2) is 5.82 Å². The fourth-order valence-corrected chi connectivity index (χ4v) is 6.72. The summed E-state index contributed by atoms with van der Waals surface area (Å²) in [7, 11) is 0. The van der Waals surface area contributed by atoms with Gasteiger partial charge in [-0.1, -0.05) is 158 Å². The minimum absolute atomic E-state index is 0.586. The van der Waals surface area contributed by atoms with Gasteiger partial charge in [-0.05, 0) is 52.6 Å². The van der Waals surface area contributed by atoms with Gasteiger partial charge >= 0.3 is 0 Å². The van der Waals surface area contributed by atoms with E-state index in [1.165, 1.54) is 0 Å². The maximum atomic E-state index is 9.53. The normalized spacial score (nSPS) is 10.9. The van der Waals surface area contributed by atoms with Gasteiger partial charge in [-0.2, -0.15) is 5.26 Å². The van der Waals surface area contributed by atoms with Crippen LogP contribution in [0.15, 0.2) is 188 Å². The van der Waals surface area contributed by atoms with E-state index in [-0.39, 0.29) is 0 Å². The van der Waals surface area contributed by atoms with Crippen molar-refractivity contribution >= 4 is 11.0 Å². The van der Waals surface area contributed by atoms with Crippen molar-refractivity contribution in [1.82, 2.24) is 19.9 Å². The summed E-state index contributed by atoms with van der Waals surface area (Å²) in [6, 6.07) is 65.7. The number of nitrogens with zero attached hydrogens (tertiary/aromatic N) is 5. The van der Waals surface area contributed by atoms with Gasteiger partial charge in [0.25, 0.3) is 0 Å². The first-order valence-electron chi connectivity index (χ1n) is 17.8. The SMILES string of the molecule is N#Cc1cccc(-c2nc3ccccc3nc2-c2ccc(-c3ccc(-c4ccc(-c5nc(-c6ccccc6)cc(-c6ccccc6)n5)cc4)cc3)cc2)c1. The van der Waals surface area contributed by atoms with Gasteiger partial charge in [-0.3, -0.25) is 0 Å². The van der Waals surface area contributed by atoms with Crippen LogP contribution in [-0.4, -0.2) is 19.9 Å². The summed E-state index contributed by atoms with van der Waals surface area (Å²) in [5.41, 5.74) is 14.9. The van der Waals surface area contributed by atoms with Crippen molar-refractivity contribution < 1.29 is 0 Å². The Morgan fingerprint density at radius 1 is 0.315 bits per heavy atom. The van der Waals surface area contributed by atoms with Gasteiger partial charge in [0.05, 0.1) is 45.4 Å². The Labute approximate surface area is 313 Å². The van der Waals surface area contributed by atoms with E-state index in [4.69, 9.17) is 19.9 Å². The summed E-state index contributed by atoms with van der Waals surface area (Å²) in [5.74, 6) is 0.693. The summed E-state index contributed by atoms with van der Waals surface area (Å²) in [6.07, 6.45) is 0. The highest BCUT2D eigenvalue weighted by Crippen LogP contribution is 2.34. The molecule has 0 unspecified atom stereocenters. The Balaban J connectivity index is 0.986. The number of para-hydroxylation sites is 2. The van der Waals surface area contributed by atoms with Gasteiger partial charge in [-0.15, -0.1) is 0 Å². The Kier molecular flexibility index (Phi) is 8.53. The third-order valence-corrected chi connectivity index (χ3v) is 9.55. The average Bonchev–Trinajstić information content (AvgIpc) is 3.26. The van der Waals surface area contributed by atoms with Crippen molar-refractivity contribution in [3.8, 4) is 84.7 Å². The number of benzene rings is 7. The summed E-state index contributed by atoms with van der Waals surface area (Å²) in [4.78, 5) is 20.0. The molecule has 5 nitrogen and oxygen atoms in total. The number of nitriles is 1. The second-order valence-electron chi connectivity index (χ2n) is 13.0. The van der Waals surface area contributed by atoms with Crippen LogP contribution in [0.2, 0.25) is 0 Å². The molecule has 9 aromatic rings. The smallest absolute Gasteiger partial charge is 0.160 e. The number of hydrogen-bond acceptors (Lipinski definition) is 5. The molecule has 0 aliphatic rings. The molecule has 0 amide bonds. The average molecular weight is 690 g/mol. The van der Waals surface area contributed by atoms with Crippen molar-refractivity contribution in [2.24, 2.45) is 0 Å². The zero-order chi connectivity index (χ0) is 36.3. The Morgan fingerprint density at radius 3 is 1.20 bits per heavy atom. The molecule has 2 heterocycles. The minimum atomic E-state index is 0.586. The number of rotatable bonds is 7. The summed E-state index contributed by atoms with van der Waals surface area (Å²) in [6.45, 7) is 0. The summed E-state index contributed by atoms with van der Waals surface area (Å²) in [5, 5.41) is 9.53. The number of aromatic nitrogens is 4. The molecule has 5 heteroatoms. The van der Waals surface area contributed by atoms with Gasteiger partial charge < -0.3 is 0 Å². The molecule has 0 saturated carbocycles. The predicted octanol–water partition coefficient (Wildman–Crippen LogP) is 12.0. The molecule has 7 aromatic carbocycles. The van der Waals surface area contributed by atoms with Crippen molar-refractivity contribution in [1.29, 1.82) is 5.26 Å². The van der Waals surface area contributed by atoms with E-state index in [2.05, 4.69) is 109 Å². The fourth-order valence-electron chi connectivity index (χ4n) is 6.72. The molecule has 0 fully saturated rings. The molecule has 0 saturated heterocycles. The highest BCUT2D eigenvalue weighted by molar-refractivity contribution is 5.87. The molecule has 54 heavy (non-hydrogen) atoms. The van der Waals surface area contributed by atoms with Crippen LogP contribution < -0.4 is 0 Å². The molecule has 2 aromatic heterocycles. The van der Waals surface area contributed by atoms with E-state index in [1.807, 2.05) is 78.9 Å². The highest BCUT2D eigenvalue weighted by Gasteiger charge is 2.15. The van der Waals surface area contributed by atoms with E-state index in [1.54, 1.807) is 6.07 Å². The van der Waals surface area contributed by atoms with E-state index in [0.717, 1.165) is 83.9 Å². The van der Waals surface area contributed by atoms with Crippen molar-refractivity contribution in [2.75, 3.05) is 0 Å². The van der Waals surface area contributed by atoms with Crippen LogP contribution in [0.3, 0.4) is 0 Å². The largest absolute Gasteiger partial charge is 0.244 e. The molecule has 0 radical (unpaired) electrons. The summed E-state index contributed by atoms with van der Waals surface area (Å²) >= 11 is 0. The molecule has 0 atom stereocenters. The second-order valence-corrected chi connectivity index (χ2v) is 13.0. The topological polar surface area (TPSA) is 75.3 Å². The first-order chi connectivity index (χ1) is 26.7. The van der Waals surface area contributed by atoms with Crippen LogP contribution in [0.25, 0.3) is 89.7 Å². The minimum Gasteiger partial charge on any atom is -0.244 e. The lowest BCUT2D eigenvalue weighted by molar-refractivity contribution is 1.18. The first kappa shape index (κ1) is 32.4. The quantitative estimate of drug-likeness (QED) is 0.166. The van der Waals surface area contributed by atoms with Crippen LogP contribution in [0, 0.1) is 11.3 Å². The third-order valence-electron chi connectivity index (χ3n) is 9.55. The molecule has 0 spiro atoms. The molecule has 0 N–H and O–H groups in total. The van der Waals surface area contributed by atoms with E-state index >= 15 is 0 Å². The van der Waals surface area contributed by atoms with Gasteiger partial charge in [-0.25, -0.2) is 19.9 Å². The molecular weight excluding hydrogens is 659 g/mol. The predicted molar refractivity (Wildman–Crippen MR) is 218 cm³/mol. The molecular formula is C49H31N5. The van der Waals surface area contributed by atoms with Crippen molar-refractivity contribution in [2.45, 2.75) is 0 Å². The highest BCUT2D eigenvalue weighted by atomic mass is 14.9. The Hall–Kier alpha value is -7.55. The Morgan fingerprint density at radius 2 is 0.722 bits per heavy atom. The summed E-state index contributed by atoms with van der Waals surface area (Å²) < 4.78 is 0. The van der Waals surface area contributed by atoms with Gasteiger partial charge in [0.2, 0.25) is 0 Å². The van der Waals surface area contributed by atoms with Gasteiger partial charge in [0, 0.05) is 27.8 Å². The van der Waals surface area contributed by atoms with Crippen molar-refractivity contribution in [3.63, 3.8) is 0 Å². The lowest BCUT2D eigenvalue weighted by Crippen LogP contribution is -1.96. The molecule has 0 aliphatic carbocycles. The molecule has 252 valence electrons. The maximum Gasteiger partial charge on any atom is 0.160 e. The van der Waals surface area contributed by atoms with Crippen LogP contribution in [0.1, 0.15) is 5.56 Å². The van der Waals surface area contributed by atoms with Crippen molar-refractivity contribution in [3.05, 3.63) is 194 Å². The maximum absolute atomic E-state index is 9.53. The first-order valence-corrected chi connectivity index (χ1v) is 17.8. The van der Waals surface area contributed by atoms with Crippen LogP contribution >= 0.6 is 0 Å². The second kappa shape index (κ2) is 14.2. The third kappa shape index (κ3) is 6.52. The van der Waals surface area contributed by atoms with Crippen LogP contribution in [0.4, 0.5) is 0 Å². The standard InChI is InChI=1S/C49H31N5/c50-32-33-10-9-15-42(30-33)48-47(51-43-16-7-8-17-44(43)52-48)40-26-22-36(23-27-40)34-18-20-35(21-19-34)37-24-28-41(29-25-37)49-53-45(38-11-3-1-4-12-38)31-46(54-49)39-13-5-2-6-14-39/h1-31H. The molecule has 0 bridgehead atoms. The zero-order valence-corrected chi connectivity index (χ0v) is 29.1. The van der Waals surface area contributed by atoms with Crippen LogP contribution in [0.5, 0.6) is 0 Å². The number of fused-ring (bicyclic) bond motifs is 1. The van der Waals surface area contributed by atoms with E-state index in [0.29, 0.717) is 11.4 Å². The lowest BCUT2D eigenvalue weighted by atomic mass is 9.97. The number of hydrogen-bond donors (Lipinski definition) is 0. The zero-order valence-electron chi connectivity index (χ0n) is 29.1. The van der Waals surface area contributed by atoms with E-state index < -0.39 is 0 Å². The Bertz CT molecular complexity index is 2730. The molecule has 9 rings (SSSR count). The molecule has 0 aliphatic heterocycles. The lowest BCUT2D eigenvalue weighted by Gasteiger charge is -2.12. The monoisotopic (exact) mass is 689 g/mol.